The molecule has 1 heterocycles. The van der Waals surface area contributed by atoms with E-state index in [1.165, 1.54) is 29.9 Å². The molecule has 0 atom stereocenters. The molecule has 2 N–H and O–H groups in total. The summed E-state index contributed by atoms with van der Waals surface area (Å²) in [6, 6.07) is 8.14. The van der Waals surface area contributed by atoms with Gasteiger partial charge in [-0.1, -0.05) is 24.3 Å². The van der Waals surface area contributed by atoms with Crippen LogP contribution in [0.15, 0.2) is 24.3 Å². The Morgan fingerprint density at radius 1 is 1.24 bits per heavy atom. The lowest BCUT2D eigenvalue weighted by Gasteiger charge is -2.21. The van der Waals surface area contributed by atoms with E-state index in [4.69, 9.17) is 5.73 Å². The molecular weight excluding hydrogens is 230 g/mol. The van der Waals surface area contributed by atoms with E-state index in [-0.39, 0.29) is 5.78 Å². The number of carbonyl (C=O) groups excluding carboxylic acids is 1. The van der Waals surface area contributed by atoms with Gasteiger partial charge in [-0.25, -0.2) is 0 Å². The highest BCUT2D eigenvalue weighted by Crippen LogP contribution is 2.31. The Bertz CT molecular complexity index is 368. The Labute approximate surface area is 107 Å². The summed E-state index contributed by atoms with van der Waals surface area (Å²) in [6.45, 7) is 0.431. The second-order valence-corrected chi connectivity index (χ2v) is 5.70. The van der Waals surface area contributed by atoms with Crippen LogP contribution in [0, 0.1) is 0 Å². The van der Waals surface area contributed by atoms with Crippen molar-refractivity contribution in [2.75, 3.05) is 18.1 Å². The van der Waals surface area contributed by atoms with E-state index in [1.54, 1.807) is 0 Å². The van der Waals surface area contributed by atoms with E-state index < -0.39 is 0 Å². The first kappa shape index (κ1) is 12.7. The molecule has 0 radical (unpaired) electrons. The molecule has 0 aliphatic carbocycles. The Hall–Kier alpha value is -0.800. The molecule has 17 heavy (non-hydrogen) atoms. The normalized spacial score (nSPS) is 17.0. The minimum absolute atomic E-state index is 0.151. The zero-order valence-electron chi connectivity index (χ0n) is 10.0. The van der Waals surface area contributed by atoms with Crippen LogP contribution in [0.25, 0.3) is 0 Å². The zero-order valence-corrected chi connectivity index (χ0v) is 10.8. The SMILES string of the molecule is NCCC(=O)c1ccc(C2CCSCC2)cc1. The first-order valence-corrected chi connectivity index (χ1v) is 7.37. The van der Waals surface area contributed by atoms with Crippen LogP contribution in [0.2, 0.25) is 0 Å². The Kier molecular flexibility index (Phi) is 4.63. The number of ketones is 1. The monoisotopic (exact) mass is 249 g/mol. The van der Waals surface area contributed by atoms with Crippen LogP contribution >= 0.6 is 11.8 Å². The van der Waals surface area contributed by atoms with Gasteiger partial charge in [0.15, 0.2) is 5.78 Å². The van der Waals surface area contributed by atoms with Gasteiger partial charge in [0.25, 0.3) is 0 Å². The summed E-state index contributed by atoms with van der Waals surface area (Å²) >= 11 is 2.04. The highest BCUT2D eigenvalue weighted by Gasteiger charge is 2.15. The maximum atomic E-state index is 11.6. The number of rotatable bonds is 4. The van der Waals surface area contributed by atoms with Crippen molar-refractivity contribution in [3.05, 3.63) is 35.4 Å². The van der Waals surface area contributed by atoms with Crippen molar-refractivity contribution in [1.29, 1.82) is 0 Å². The lowest BCUT2D eigenvalue weighted by Crippen LogP contribution is -2.10. The van der Waals surface area contributed by atoms with E-state index >= 15 is 0 Å². The second-order valence-electron chi connectivity index (χ2n) is 4.47. The highest BCUT2D eigenvalue weighted by molar-refractivity contribution is 7.99. The molecule has 0 bridgehead atoms. The van der Waals surface area contributed by atoms with Crippen molar-refractivity contribution < 1.29 is 4.79 Å². The van der Waals surface area contributed by atoms with Crippen LogP contribution in [0.4, 0.5) is 0 Å². The Morgan fingerprint density at radius 3 is 2.47 bits per heavy atom. The van der Waals surface area contributed by atoms with E-state index in [9.17, 15) is 4.79 Å². The molecule has 0 aromatic heterocycles. The van der Waals surface area contributed by atoms with Crippen molar-refractivity contribution in [3.63, 3.8) is 0 Å². The number of thioether (sulfide) groups is 1. The summed E-state index contributed by atoms with van der Waals surface area (Å²) in [5.74, 6) is 3.37. The topological polar surface area (TPSA) is 43.1 Å². The molecule has 2 rings (SSSR count). The average Bonchev–Trinajstić information content (AvgIpc) is 2.40. The summed E-state index contributed by atoms with van der Waals surface area (Å²) in [7, 11) is 0. The van der Waals surface area contributed by atoms with Gasteiger partial charge in [-0.3, -0.25) is 4.79 Å². The molecule has 3 heteroatoms. The average molecular weight is 249 g/mol. The summed E-state index contributed by atoms with van der Waals surface area (Å²) in [6.07, 6.45) is 2.97. The molecule has 1 aromatic carbocycles. The van der Waals surface area contributed by atoms with Crippen molar-refractivity contribution in [2.24, 2.45) is 5.73 Å². The van der Waals surface area contributed by atoms with Crippen LogP contribution in [-0.4, -0.2) is 23.8 Å². The van der Waals surface area contributed by atoms with Crippen LogP contribution in [0.1, 0.15) is 41.1 Å². The Balaban J connectivity index is 2.04. The number of carbonyl (C=O) groups is 1. The number of Topliss-reactive ketones (excluding diaryl/α,β-unsaturated/α-hetero) is 1. The van der Waals surface area contributed by atoms with Gasteiger partial charge >= 0.3 is 0 Å². The highest BCUT2D eigenvalue weighted by atomic mass is 32.2. The van der Waals surface area contributed by atoms with E-state index in [2.05, 4.69) is 12.1 Å². The number of nitrogens with two attached hydrogens (primary N) is 1. The molecule has 1 aliphatic rings. The maximum Gasteiger partial charge on any atom is 0.164 e. The minimum Gasteiger partial charge on any atom is -0.330 e. The summed E-state index contributed by atoms with van der Waals surface area (Å²) in [5.41, 5.74) is 7.57. The fourth-order valence-electron chi connectivity index (χ4n) is 2.25. The lowest BCUT2D eigenvalue weighted by atomic mass is 9.92. The van der Waals surface area contributed by atoms with Gasteiger partial charge in [0, 0.05) is 12.0 Å². The minimum atomic E-state index is 0.151. The number of hydrogen-bond donors (Lipinski definition) is 1. The largest absolute Gasteiger partial charge is 0.330 e. The van der Waals surface area contributed by atoms with Gasteiger partial charge in [-0.05, 0) is 42.4 Å². The molecule has 0 saturated carbocycles. The van der Waals surface area contributed by atoms with Crippen LogP contribution in [0.5, 0.6) is 0 Å². The van der Waals surface area contributed by atoms with Crippen LogP contribution in [-0.2, 0) is 0 Å². The molecule has 0 amide bonds. The molecule has 2 nitrogen and oxygen atoms in total. The van der Waals surface area contributed by atoms with Crippen molar-refractivity contribution in [2.45, 2.75) is 25.2 Å². The van der Waals surface area contributed by atoms with E-state index in [1.807, 2.05) is 23.9 Å². The van der Waals surface area contributed by atoms with Gasteiger partial charge in [0.2, 0.25) is 0 Å². The molecule has 0 spiro atoms. The number of benzene rings is 1. The third kappa shape index (κ3) is 3.33. The van der Waals surface area contributed by atoms with Gasteiger partial charge in [-0.2, -0.15) is 11.8 Å². The maximum absolute atomic E-state index is 11.6. The fraction of sp³-hybridized carbons (Fsp3) is 0.500. The Morgan fingerprint density at radius 2 is 1.88 bits per heavy atom. The lowest BCUT2D eigenvalue weighted by molar-refractivity contribution is 0.0985. The van der Waals surface area contributed by atoms with Crippen molar-refractivity contribution >= 4 is 17.5 Å². The summed E-state index contributed by atoms with van der Waals surface area (Å²) < 4.78 is 0. The number of hydrogen-bond acceptors (Lipinski definition) is 3. The third-order valence-corrected chi connectivity index (χ3v) is 4.35. The van der Waals surface area contributed by atoms with Crippen molar-refractivity contribution in [1.82, 2.24) is 0 Å². The van der Waals surface area contributed by atoms with Gasteiger partial charge in [0.05, 0.1) is 0 Å². The molecular formula is C14H19NOS. The molecule has 1 aromatic rings. The molecule has 1 aliphatic heterocycles. The summed E-state index contributed by atoms with van der Waals surface area (Å²) in [4.78, 5) is 11.6. The van der Waals surface area contributed by atoms with Gasteiger partial charge in [-0.15, -0.1) is 0 Å². The zero-order chi connectivity index (χ0) is 12.1. The van der Waals surface area contributed by atoms with E-state index in [0.717, 1.165) is 5.56 Å². The molecule has 1 fully saturated rings. The van der Waals surface area contributed by atoms with E-state index in [0.29, 0.717) is 18.9 Å². The molecule has 1 saturated heterocycles. The van der Waals surface area contributed by atoms with Crippen LogP contribution in [0.3, 0.4) is 0 Å². The quantitative estimate of drug-likeness (QED) is 0.834. The summed E-state index contributed by atoms with van der Waals surface area (Å²) in [5, 5.41) is 0. The van der Waals surface area contributed by atoms with Crippen LogP contribution < -0.4 is 5.73 Å². The fourth-order valence-corrected chi connectivity index (χ4v) is 3.35. The van der Waals surface area contributed by atoms with Crippen molar-refractivity contribution in [3.8, 4) is 0 Å². The predicted octanol–water partition coefficient (Wildman–Crippen LogP) is 2.83. The van der Waals surface area contributed by atoms with Gasteiger partial charge in [0.1, 0.15) is 0 Å². The standard InChI is InChI=1S/C14H19NOS/c15-8-5-14(16)13-3-1-11(2-4-13)12-6-9-17-10-7-12/h1-4,12H,5-10,15H2. The molecule has 0 unspecified atom stereocenters. The van der Waals surface area contributed by atoms with Gasteiger partial charge < -0.3 is 5.73 Å². The first-order chi connectivity index (χ1) is 8.31. The molecule has 92 valence electrons. The second kappa shape index (κ2) is 6.22. The predicted molar refractivity (Wildman–Crippen MR) is 73.7 cm³/mol. The third-order valence-electron chi connectivity index (χ3n) is 3.30. The smallest absolute Gasteiger partial charge is 0.164 e. The first-order valence-electron chi connectivity index (χ1n) is 6.22.